The molecule has 0 fully saturated rings. The standard InChI is InChI=1S/C17H25N3O/c1-6-18-16(15-11-20(4)19-13(15)3)10-14-9-12(2)7-8-17(14)21-5/h7-9,11,16,18H,6,10H2,1-5H3. The van der Waals surface area contributed by atoms with Crippen LogP contribution in [0.15, 0.2) is 24.4 Å². The lowest BCUT2D eigenvalue weighted by Gasteiger charge is -2.19. The molecule has 21 heavy (non-hydrogen) atoms. The highest BCUT2D eigenvalue weighted by Gasteiger charge is 2.18. The highest BCUT2D eigenvalue weighted by molar-refractivity contribution is 5.38. The number of aromatic nitrogens is 2. The SMILES string of the molecule is CCNC(Cc1cc(C)ccc1OC)c1cn(C)nc1C. The van der Waals surface area contributed by atoms with Crippen molar-refractivity contribution in [2.24, 2.45) is 7.05 Å². The first-order valence-corrected chi connectivity index (χ1v) is 7.42. The van der Waals surface area contributed by atoms with Crippen LogP contribution in [0.3, 0.4) is 0 Å². The average molecular weight is 287 g/mol. The summed E-state index contributed by atoms with van der Waals surface area (Å²) in [5, 5.41) is 8.02. The van der Waals surface area contributed by atoms with Gasteiger partial charge in [0.2, 0.25) is 0 Å². The first kappa shape index (κ1) is 15.6. The molecule has 2 rings (SSSR count). The van der Waals surface area contributed by atoms with Gasteiger partial charge in [-0.2, -0.15) is 5.10 Å². The van der Waals surface area contributed by atoms with Gasteiger partial charge in [0.05, 0.1) is 12.8 Å². The molecule has 1 aromatic carbocycles. The Hall–Kier alpha value is -1.81. The monoisotopic (exact) mass is 287 g/mol. The van der Waals surface area contributed by atoms with Crippen molar-refractivity contribution < 1.29 is 4.74 Å². The van der Waals surface area contributed by atoms with E-state index < -0.39 is 0 Å². The van der Waals surface area contributed by atoms with Gasteiger partial charge < -0.3 is 10.1 Å². The first-order valence-electron chi connectivity index (χ1n) is 7.42. The summed E-state index contributed by atoms with van der Waals surface area (Å²) in [5.74, 6) is 0.949. The van der Waals surface area contributed by atoms with Gasteiger partial charge in [0.15, 0.2) is 0 Å². The molecule has 0 aliphatic rings. The Morgan fingerprint density at radius 2 is 2.10 bits per heavy atom. The van der Waals surface area contributed by atoms with Gasteiger partial charge in [-0.15, -0.1) is 0 Å². The van der Waals surface area contributed by atoms with Crippen LogP contribution in [-0.4, -0.2) is 23.4 Å². The van der Waals surface area contributed by atoms with Crippen LogP contribution in [0.2, 0.25) is 0 Å². The van der Waals surface area contributed by atoms with E-state index in [-0.39, 0.29) is 6.04 Å². The zero-order chi connectivity index (χ0) is 15.4. The van der Waals surface area contributed by atoms with E-state index in [4.69, 9.17) is 4.74 Å². The van der Waals surface area contributed by atoms with Crippen molar-refractivity contribution in [1.29, 1.82) is 0 Å². The van der Waals surface area contributed by atoms with Gasteiger partial charge in [0.25, 0.3) is 0 Å². The molecule has 0 saturated carbocycles. The summed E-state index contributed by atoms with van der Waals surface area (Å²) in [4.78, 5) is 0. The molecule has 2 aromatic rings. The maximum absolute atomic E-state index is 5.50. The van der Waals surface area contributed by atoms with Gasteiger partial charge in [-0.3, -0.25) is 4.68 Å². The van der Waals surface area contributed by atoms with Crippen molar-refractivity contribution in [3.05, 3.63) is 46.8 Å². The fraction of sp³-hybridized carbons (Fsp3) is 0.471. The van der Waals surface area contributed by atoms with E-state index >= 15 is 0 Å². The molecule has 0 aliphatic heterocycles. The fourth-order valence-corrected chi connectivity index (χ4v) is 2.79. The van der Waals surface area contributed by atoms with E-state index in [9.17, 15) is 0 Å². The lowest BCUT2D eigenvalue weighted by molar-refractivity contribution is 0.405. The number of likely N-dealkylation sites (N-methyl/N-ethyl adjacent to an activating group) is 1. The third-order valence-electron chi connectivity index (χ3n) is 3.74. The smallest absolute Gasteiger partial charge is 0.122 e. The van der Waals surface area contributed by atoms with Crippen LogP contribution in [0.5, 0.6) is 5.75 Å². The van der Waals surface area contributed by atoms with E-state index in [2.05, 4.69) is 49.5 Å². The largest absolute Gasteiger partial charge is 0.496 e. The Kier molecular flexibility index (Phi) is 5.02. The molecule has 1 heterocycles. The molecule has 114 valence electrons. The number of nitrogens with zero attached hydrogens (tertiary/aromatic N) is 2. The molecule has 1 N–H and O–H groups in total. The summed E-state index contributed by atoms with van der Waals surface area (Å²) < 4.78 is 7.38. The summed E-state index contributed by atoms with van der Waals surface area (Å²) >= 11 is 0. The normalized spacial score (nSPS) is 12.4. The van der Waals surface area contributed by atoms with Gasteiger partial charge in [-0.1, -0.05) is 24.6 Å². The number of aryl methyl sites for hydroxylation is 3. The molecule has 0 aliphatic carbocycles. The van der Waals surface area contributed by atoms with Crippen molar-refractivity contribution >= 4 is 0 Å². The summed E-state index contributed by atoms with van der Waals surface area (Å²) in [6.45, 7) is 7.23. The van der Waals surface area contributed by atoms with Crippen LogP contribution in [0.4, 0.5) is 0 Å². The van der Waals surface area contributed by atoms with Crippen LogP contribution in [-0.2, 0) is 13.5 Å². The highest BCUT2D eigenvalue weighted by Crippen LogP contribution is 2.27. The summed E-state index contributed by atoms with van der Waals surface area (Å²) in [5.41, 5.74) is 4.81. The Morgan fingerprint density at radius 1 is 1.33 bits per heavy atom. The maximum Gasteiger partial charge on any atom is 0.122 e. The molecule has 0 amide bonds. The predicted molar refractivity (Wildman–Crippen MR) is 85.8 cm³/mol. The van der Waals surface area contributed by atoms with Gasteiger partial charge in [-0.25, -0.2) is 0 Å². The Morgan fingerprint density at radius 3 is 2.67 bits per heavy atom. The second-order valence-corrected chi connectivity index (χ2v) is 5.47. The molecule has 4 heteroatoms. The number of methoxy groups -OCH3 is 1. The third-order valence-corrected chi connectivity index (χ3v) is 3.74. The van der Waals surface area contributed by atoms with E-state index in [1.807, 2.05) is 17.8 Å². The average Bonchev–Trinajstić information content (AvgIpc) is 2.77. The molecule has 0 radical (unpaired) electrons. The Labute approximate surface area is 127 Å². The number of hydrogen-bond acceptors (Lipinski definition) is 3. The lowest BCUT2D eigenvalue weighted by Crippen LogP contribution is -2.23. The number of rotatable bonds is 6. The molecule has 1 unspecified atom stereocenters. The Balaban J connectivity index is 2.32. The predicted octanol–water partition coefficient (Wildman–Crippen LogP) is 2.94. The first-order chi connectivity index (χ1) is 10.0. The maximum atomic E-state index is 5.50. The minimum absolute atomic E-state index is 0.249. The van der Waals surface area contributed by atoms with Crippen molar-refractivity contribution in [1.82, 2.24) is 15.1 Å². The summed E-state index contributed by atoms with van der Waals surface area (Å²) in [6, 6.07) is 6.58. The van der Waals surface area contributed by atoms with E-state index in [0.29, 0.717) is 0 Å². The molecule has 0 spiro atoms. The number of nitrogens with one attached hydrogen (secondary N) is 1. The highest BCUT2D eigenvalue weighted by atomic mass is 16.5. The van der Waals surface area contributed by atoms with Gasteiger partial charge in [-0.05, 0) is 38.4 Å². The van der Waals surface area contributed by atoms with Crippen molar-refractivity contribution in [3.63, 3.8) is 0 Å². The third kappa shape index (κ3) is 3.64. The lowest BCUT2D eigenvalue weighted by atomic mass is 9.97. The van der Waals surface area contributed by atoms with Crippen LogP contribution >= 0.6 is 0 Å². The van der Waals surface area contributed by atoms with Crippen molar-refractivity contribution in [2.75, 3.05) is 13.7 Å². The molecule has 0 bridgehead atoms. The topological polar surface area (TPSA) is 39.1 Å². The number of ether oxygens (including phenoxy) is 1. The second kappa shape index (κ2) is 6.76. The number of hydrogen-bond donors (Lipinski definition) is 1. The van der Waals surface area contributed by atoms with Crippen LogP contribution in [0, 0.1) is 13.8 Å². The van der Waals surface area contributed by atoms with Crippen LogP contribution in [0.1, 0.15) is 35.3 Å². The van der Waals surface area contributed by atoms with Gasteiger partial charge >= 0.3 is 0 Å². The van der Waals surface area contributed by atoms with Crippen LogP contribution in [0.25, 0.3) is 0 Å². The van der Waals surface area contributed by atoms with E-state index in [1.165, 1.54) is 16.7 Å². The van der Waals surface area contributed by atoms with Crippen LogP contribution < -0.4 is 10.1 Å². The zero-order valence-corrected chi connectivity index (χ0v) is 13.6. The fourth-order valence-electron chi connectivity index (χ4n) is 2.79. The minimum atomic E-state index is 0.249. The van der Waals surface area contributed by atoms with E-state index in [0.717, 1.165) is 24.4 Å². The van der Waals surface area contributed by atoms with Crippen molar-refractivity contribution in [3.8, 4) is 5.75 Å². The molecular formula is C17H25N3O. The Bertz CT molecular complexity index is 604. The summed E-state index contributed by atoms with van der Waals surface area (Å²) in [6.07, 6.45) is 3.00. The van der Waals surface area contributed by atoms with Gasteiger partial charge in [0.1, 0.15) is 5.75 Å². The molecule has 0 saturated heterocycles. The summed E-state index contributed by atoms with van der Waals surface area (Å²) in [7, 11) is 3.69. The molecular weight excluding hydrogens is 262 g/mol. The van der Waals surface area contributed by atoms with Gasteiger partial charge in [0, 0.05) is 24.8 Å². The molecule has 1 aromatic heterocycles. The number of benzene rings is 1. The minimum Gasteiger partial charge on any atom is -0.496 e. The second-order valence-electron chi connectivity index (χ2n) is 5.47. The van der Waals surface area contributed by atoms with Crippen molar-refractivity contribution in [2.45, 2.75) is 33.2 Å². The van der Waals surface area contributed by atoms with E-state index in [1.54, 1.807) is 7.11 Å². The zero-order valence-electron chi connectivity index (χ0n) is 13.6. The quantitative estimate of drug-likeness (QED) is 0.888. The molecule has 4 nitrogen and oxygen atoms in total. The molecule has 1 atom stereocenters.